The molecule has 10 heteroatoms. The molecule has 0 saturated heterocycles. The summed E-state index contributed by atoms with van der Waals surface area (Å²) in [6.07, 6.45) is 1.83. The molecule has 2 amide bonds. The topological polar surface area (TPSA) is 106 Å². The van der Waals surface area contributed by atoms with Crippen molar-refractivity contribution in [1.29, 1.82) is 0 Å². The van der Waals surface area contributed by atoms with Gasteiger partial charge in [-0.3, -0.25) is 20.1 Å². The second-order valence-electron chi connectivity index (χ2n) is 6.39. The number of aromatic nitrogens is 3. The summed E-state index contributed by atoms with van der Waals surface area (Å²) < 4.78 is 14.8. The predicted octanol–water partition coefficient (Wildman–Crippen LogP) is 3.08. The van der Waals surface area contributed by atoms with Crippen LogP contribution in [0, 0.1) is 15.9 Å². The Kier molecular flexibility index (Phi) is 4.22. The van der Waals surface area contributed by atoms with Gasteiger partial charge in [-0.05, 0) is 30.3 Å². The van der Waals surface area contributed by atoms with E-state index in [9.17, 15) is 19.3 Å². The third-order valence-electron chi connectivity index (χ3n) is 4.42. The first kappa shape index (κ1) is 17.6. The highest BCUT2D eigenvalue weighted by Crippen LogP contribution is 2.28. The highest BCUT2D eigenvalue weighted by molar-refractivity contribution is 5.91. The molecule has 142 valence electrons. The number of nitrogens with zero attached hydrogens (tertiary/aromatic N) is 5. The van der Waals surface area contributed by atoms with Gasteiger partial charge in [0, 0.05) is 30.4 Å². The SMILES string of the molecule is Cn1cc2c(n1)CN(C(=O)Nc1nc(-c3ccc(F)cc3)ccc1[N+](=O)[O-])C2. The Morgan fingerprint density at radius 1 is 1.21 bits per heavy atom. The van der Waals surface area contributed by atoms with Gasteiger partial charge in [-0.2, -0.15) is 5.10 Å². The number of carbonyl (C=O) groups excluding carboxylic acids is 1. The minimum atomic E-state index is -0.614. The van der Waals surface area contributed by atoms with E-state index < -0.39 is 16.8 Å². The summed E-state index contributed by atoms with van der Waals surface area (Å²) in [5, 5.41) is 18.1. The van der Waals surface area contributed by atoms with Crippen LogP contribution in [0.15, 0.2) is 42.6 Å². The average Bonchev–Trinajstić information content (AvgIpc) is 3.19. The summed E-state index contributed by atoms with van der Waals surface area (Å²) in [4.78, 5) is 29.0. The summed E-state index contributed by atoms with van der Waals surface area (Å²) in [6.45, 7) is 0.675. The molecular formula is C18H15FN6O3. The molecule has 0 bridgehead atoms. The second kappa shape index (κ2) is 6.72. The molecule has 3 aromatic rings. The molecule has 0 spiro atoms. The molecule has 4 rings (SSSR count). The number of hydrogen-bond acceptors (Lipinski definition) is 5. The fourth-order valence-electron chi connectivity index (χ4n) is 3.09. The number of hydrogen-bond donors (Lipinski definition) is 1. The zero-order chi connectivity index (χ0) is 19.8. The number of amides is 2. The Balaban J connectivity index is 1.59. The van der Waals surface area contributed by atoms with Crippen LogP contribution < -0.4 is 5.32 Å². The fourth-order valence-corrected chi connectivity index (χ4v) is 3.09. The van der Waals surface area contributed by atoms with Gasteiger partial charge in [0.2, 0.25) is 5.82 Å². The van der Waals surface area contributed by atoms with Gasteiger partial charge in [-0.25, -0.2) is 14.2 Å². The van der Waals surface area contributed by atoms with E-state index in [0.29, 0.717) is 24.3 Å². The average molecular weight is 382 g/mol. The summed E-state index contributed by atoms with van der Waals surface area (Å²) in [6, 6.07) is 7.78. The molecule has 28 heavy (non-hydrogen) atoms. The quantitative estimate of drug-likeness (QED) is 0.553. The van der Waals surface area contributed by atoms with Crippen LogP contribution in [-0.4, -0.2) is 30.6 Å². The Labute approximate surface area is 158 Å². The third kappa shape index (κ3) is 3.27. The van der Waals surface area contributed by atoms with Crippen LogP contribution >= 0.6 is 0 Å². The van der Waals surface area contributed by atoms with Gasteiger partial charge in [-0.15, -0.1) is 0 Å². The molecule has 2 aromatic heterocycles. The van der Waals surface area contributed by atoms with Crippen LogP contribution in [0.4, 0.5) is 20.7 Å². The first-order chi connectivity index (χ1) is 13.4. The number of nitro groups is 1. The van der Waals surface area contributed by atoms with Crippen LogP contribution in [0.1, 0.15) is 11.3 Å². The molecule has 1 aliphatic heterocycles. The molecule has 9 nitrogen and oxygen atoms in total. The van der Waals surface area contributed by atoms with Crippen molar-refractivity contribution in [3.05, 3.63) is 69.8 Å². The Morgan fingerprint density at radius 3 is 2.64 bits per heavy atom. The van der Waals surface area contributed by atoms with Crippen LogP contribution in [0.3, 0.4) is 0 Å². The van der Waals surface area contributed by atoms with Gasteiger partial charge in [0.25, 0.3) is 0 Å². The van der Waals surface area contributed by atoms with Crippen LogP contribution in [-0.2, 0) is 20.1 Å². The minimum Gasteiger partial charge on any atom is -0.314 e. The lowest BCUT2D eigenvalue weighted by Crippen LogP contribution is -2.31. The van der Waals surface area contributed by atoms with Gasteiger partial charge in [-0.1, -0.05) is 0 Å². The number of carbonyl (C=O) groups is 1. The zero-order valence-corrected chi connectivity index (χ0v) is 14.8. The number of pyridine rings is 1. The highest BCUT2D eigenvalue weighted by Gasteiger charge is 2.28. The summed E-state index contributed by atoms with van der Waals surface area (Å²) in [5.41, 5.74) is 2.35. The van der Waals surface area contributed by atoms with Crippen molar-refractivity contribution in [2.24, 2.45) is 7.05 Å². The standard InChI is InChI=1S/C18H15FN6O3/c1-23-8-12-9-24(10-15(12)22-23)18(26)21-17-16(25(27)28)7-6-14(20-17)11-2-4-13(19)5-3-11/h2-8H,9-10H2,1H3,(H,20,21,26). The van der Waals surface area contributed by atoms with E-state index in [1.165, 1.54) is 41.3 Å². The summed E-state index contributed by atoms with van der Waals surface area (Å²) in [5.74, 6) is -0.566. The number of benzene rings is 1. The first-order valence-corrected chi connectivity index (χ1v) is 8.39. The van der Waals surface area contributed by atoms with Crippen molar-refractivity contribution in [3.8, 4) is 11.3 Å². The second-order valence-corrected chi connectivity index (χ2v) is 6.39. The van der Waals surface area contributed by atoms with Crippen LogP contribution in [0.25, 0.3) is 11.3 Å². The Hall–Kier alpha value is -3.82. The van der Waals surface area contributed by atoms with Crippen molar-refractivity contribution in [2.45, 2.75) is 13.1 Å². The Bertz CT molecular complexity index is 1060. The number of anilines is 1. The smallest absolute Gasteiger partial charge is 0.314 e. The molecule has 0 fully saturated rings. The molecule has 1 aromatic carbocycles. The van der Waals surface area contributed by atoms with Crippen molar-refractivity contribution in [3.63, 3.8) is 0 Å². The molecule has 0 radical (unpaired) electrons. The van der Waals surface area contributed by atoms with E-state index in [1.807, 2.05) is 6.20 Å². The largest absolute Gasteiger partial charge is 0.323 e. The van der Waals surface area contributed by atoms with Gasteiger partial charge >= 0.3 is 11.7 Å². The fraction of sp³-hybridized carbons (Fsp3) is 0.167. The maximum atomic E-state index is 13.1. The van der Waals surface area contributed by atoms with Gasteiger partial charge < -0.3 is 4.90 Å². The van der Waals surface area contributed by atoms with E-state index in [0.717, 1.165) is 11.3 Å². The van der Waals surface area contributed by atoms with E-state index in [2.05, 4.69) is 15.4 Å². The van der Waals surface area contributed by atoms with Crippen molar-refractivity contribution >= 4 is 17.5 Å². The van der Waals surface area contributed by atoms with E-state index in [1.54, 1.807) is 11.7 Å². The molecule has 0 unspecified atom stereocenters. The molecule has 3 heterocycles. The number of nitrogens with one attached hydrogen (secondary N) is 1. The third-order valence-corrected chi connectivity index (χ3v) is 4.42. The maximum Gasteiger partial charge on any atom is 0.323 e. The highest BCUT2D eigenvalue weighted by atomic mass is 19.1. The Morgan fingerprint density at radius 2 is 1.96 bits per heavy atom. The van der Waals surface area contributed by atoms with Crippen LogP contribution in [0.5, 0.6) is 0 Å². The number of halogens is 1. The van der Waals surface area contributed by atoms with Crippen molar-refractivity contribution < 1.29 is 14.1 Å². The van der Waals surface area contributed by atoms with E-state index >= 15 is 0 Å². The van der Waals surface area contributed by atoms with E-state index in [-0.39, 0.29) is 11.5 Å². The monoisotopic (exact) mass is 382 g/mol. The summed E-state index contributed by atoms with van der Waals surface area (Å²) in [7, 11) is 1.80. The minimum absolute atomic E-state index is 0.165. The summed E-state index contributed by atoms with van der Waals surface area (Å²) >= 11 is 0. The molecule has 1 aliphatic rings. The zero-order valence-electron chi connectivity index (χ0n) is 14.8. The predicted molar refractivity (Wildman–Crippen MR) is 97.8 cm³/mol. The van der Waals surface area contributed by atoms with Crippen molar-refractivity contribution in [1.82, 2.24) is 19.7 Å². The number of aryl methyl sites for hydroxylation is 1. The molecule has 0 atom stereocenters. The van der Waals surface area contributed by atoms with Gasteiger partial charge in [0.1, 0.15) is 5.82 Å². The lowest BCUT2D eigenvalue weighted by atomic mass is 10.1. The van der Waals surface area contributed by atoms with Gasteiger partial charge in [0.05, 0.1) is 29.4 Å². The van der Waals surface area contributed by atoms with Crippen molar-refractivity contribution in [2.75, 3.05) is 5.32 Å². The van der Waals surface area contributed by atoms with Gasteiger partial charge in [0.15, 0.2) is 0 Å². The number of rotatable bonds is 3. The molecular weight excluding hydrogens is 367 g/mol. The lowest BCUT2D eigenvalue weighted by molar-refractivity contribution is -0.384. The number of fused-ring (bicyclic) bond motifs is 1. The maximum absolute atomic E-state index is 13.1. The van der Waals surface area contributed by atoms with Crippen LogP contribution in [0.2, 0.25) is 0 Å². The molecule has 1 N–H and O–H groups in total. The molecule has 0 aliphatic carbocycles. The normalized spacial score (nSPS) is 12.7. The first-order valence-electron chi connectivity index (χ1n) is 8.39. The lowest BCUT2D eigenvalue weighted by Gasteiger charge is -2.16. The van der Waals surface area contributed by atoms with E-state index in [4.69, 9.17) is 0 Å². The molecule has 0 saturated carbocycles. The number of urea groups is 1.